The minimum absolute atomic E-state index is 0.340. The molecular formula is C67H60B2N4. The second kappa shape index (κ2) is 15.8. The van der Waals surface area contributed by atoms with E-state index >= 15 is 0 Å². The molecule has 1 saturated heterocycles. The summed E-state index contributed by atoms with van der Waals surface area (Å²) in [5.41, 5.74) is 23.6. The van der Waals surface area contributed by atoms with Crippen LogP contribution in [-0.2, 0) is 0 Å². The van der Waals surface area contributed by atoms with Crippen molar-refractivity contribution >= 4 is 86.5 Å². The lowest BCUT2D eigenvalue weighted by atomic mass is 9.24. The van der Waals surface area contributed by atoms with E-state index in [4.69, 9.17) is 0 Å². The lowest BCUT2D eigenvalue weighted by Crippen LogP contribution is -2.64. The third-order valence-electron chi connectivity index (χ3n) is 20.7. The second-order valence-electron chi connectivity index (χ2n) is 23.5. The van der Waals surface area contributed by atoms with Crippen LogP contribution < -0.4 is 41.5 Å². The minimum atomic E-state index is 0.340. The third-order valence-corrected chi connectivity index (χ3v) is 20.7. The van der Waals surface area contributed by atoms with Gasteiger partial charge in [0.1, 0.15) is 0 Å². The van der Waals surface area contributed by atoms with E-state index in [1.54, 1.807) is 33.2 Å². The average Bonchev–Trinajstić information content (AvgIpc) is 3.99. The van der Waals surface area contributed by atoms with E-state index in [1.165, 1.54) is 114 Å². The summed E-state index contributed by atoms with van der Waals surface area (Å²) in [5, 5.41) is 0. The van der Waals surface area contributed by atoms with Gasteiger partial charge in [0.25, 0.3) is 0 Å². The number of rotatable bonds is 4. The van der Waals surface area contributed by atoms with Crippen LogP contribution in [0.15, 0.2) is 194 Å². The van der Waals surface area contributed by atoms with E-state index in [1.807, 2.05) is 0 Å². The van der Waals surface area contributed by atoms with E-state index in [-0.39, 0.29) is 0 Å². The van der Waals surface area contributed by atoms with Gasteiger partial charge < -0.3 is 19.6 Å². The topological polar surface area (TPSA) is 13.0 Å². The number of fused-ring (bicyclic) bond motifs is 15. The van der Waals surface area contributed by atoms with E-state index < -0.39 is 0 Å². The molecule has 8 aromatic rings. The molecule has 3 aliphatic carbocycles. The number of para-hydroxylation sites is 4. The Labute approximate surface area is 431 Å². The zero-order valence-electron chi connectivity index (χ0n) is 41.6. The summed E-state index contributed by atoms with van der Waals surface area (Å²) in [7, 11) is 0. The summed E-state index contributed by atoms with van der Waals surface area (Å²) >= 11 is 0. The highest BCUT2D eigenvalue weighted by Gasteiger charge is 2.64. The van der Waals surface area contributed by atoms with E-state index in [0.29, 0.717) is 72.8 Å². The predicted molar refractivity (Wildman–Crippen MR) is 305 cm³/mol. The molecule has 8 aromatic carbocycles. The van der Waals surface area contributed by atoms with Crippen LogP contribution in [-0.4, -0.2) is 31.6 Å². The van der Waals surface area contributed by atoms with E-state index in [2.05, 4.69) is 214 Å². The average molecular weight is 943 g/mol. The Morgan fingerprint density at radius 1 is 0.384 bits per heavy atom. The van der Waals surface area contributed by atoms with Crippen LogP contribution in [0.4, 0.5) is 51.2 Å². The van der Waals surface area contributed by atoms with Gasteiger partial charge in [-0.05, 0) is 161 Å². The van der Waals surface area contributed by atoms with Gasteiger partial charge >= 0.3 is 0 Å². The fourth-order valence-corrected chi connectivity index (χ4v) is 18.5. The van der Waals surface area contributed by atoms with Crippen molar-refractivity contribution in [2.45, 2.75) is 99.4 Å². The molecule has 10 unspecified atom stereocenters. The van der Waals surface area contributed by atoms with Gasteiger partial charge in [0.2, 0.25) is 13.4 Å². The van der Waals surface area contributed by atoms with Crippen LogP contribution in [0.2, 0.25) is 11.6 Å². The SMILES string of the molecule is c1ccc(C2c3cccc4c3B(c3ccccc3N4c3ccccc3)C3CC4C(CC32)C2CCCC3c5ccc6c(c5N4C32)B2c3c(cccc3N(c3ccccc3)C3CCCCC23)N6c2ccccc2)cc1. The molecule has 6 heterocycles. The molecular weight excluding hydrogens is 882 g/mol. The van der Waals surface area contributed by atoms with Crippen molar-refractivity contribution in [2.24, 2.45) is 17.8 Å². The standard InChI is InChI=1S/C67H60B2N4/c1-5-20-42(21-6-1)62-49-30-18-35-57-63(49)68(52-31-13-15-33-55(52)70(57)43-22-7-2-8-23-43)54-41-61-50(40-51(54)62)47-29-17-28-46-48-38-39-60-65(67(48)73(61)66(46)47)69-53-32-14-16-34-56(53)71(44-24-9-3-10-25-44)58-36-19-37-59(64(58)69)72(60)45-26-11-4-12-27-45/h1-13,15,18-27,30-31,33,35-39,46-47,50-51,53-54,56,61-62,66H,14,16-17,28-29,32,34,40-41H2. The summed E-state index contributed by atoms with van der Waals surface area (Å²) in [6, 6.07) is 76.9. The number of anilines is 9. The van der Waals surface area contributed by atoms with Gasteiger partial charge in [-0.1, -0.05) is 159 Å². The lowest BCUT2D eigenvalue weighted by Gasteiger charge is -2.54. The molecule has 354 valence electrons. The van der Waals surface area contributed by atoms with Gasteiger partial charge in [-0.3, -0.25) is 0 Å². The van der Waals surface area contributed by atoms with E-state index in [0.717, 1.165) is 0 Å². The second-order valence-corrected chi connectivity index (χ2v) is 23.5. The summed E-state index contributed by atoms with van der Waals surface area (Å²) in [6.07, 6.45) is 11.7. The van der Waals surface area contributed by atoms with Crippen molar-refractivity contribution in [3.05, 3.63) is 211 Å². The van der Waals surface area contributed by atoms with Crippen LogP contribution in [0.3, 0.4) is 0 Å². The Kier molecular flexibility index (Phi) is 8.99. The van der Waals surface area contributed by atoms with Crippen molar-refractivity contribution in [2.75, 3.05) is 19.6 Å². The molecule has 73 heavy (non-hydrogen) atoms. The van der Waals surface area contributed by atoms with Crippen molar-refractivity contribution in [1.82, 2.24) is 0 Å². The first-order chi connectivity index (χ1) is 36.3. The number of benzene rings is 8. The van der Waals surface area contributed by atoms with Crippen molar-refractivity contribution < 1.29 is 0 Å². The number of hydrogen-bond acceptors (Lipinski definition) is 4. The molecule has 4 nitrogen and oxygen atoms in total. The molecule has 0 aromatic heterocycles. The Morgan fingerprint density at radius 3 is 1.79 bits per heavy atom. The fourth-order valence-electron chi connectivity index (χ4n) is 18.5. The number of nitrogens with zero attached hydrogens (tertiary/aromatic N) is 4. The highest BCUT2D eigenvalue weighted by molar-refractivity contribution is 6.92. The quantitative estimate of drug-likeness (QED) is 0.163. The molecule has 4 fully saturated rings. The van der Waals surface area contributed by atoms with Gasteiger partial charge in [0.05, 0.1) is 0 Å². The van der Waals surface area contributed by atoms with Gasteiger partial charge in [-0.25, -0.2) is 0 Å². The van der Waals surface area contributed by atoms with Crippen LogP contribution >= 0.6 is 0 Å². The van der Waals surface area contributed by atoms with Crippen molar-refractivity contribution in [3.8, 4) is 0 Å². The maximum atomic E-state index is 3.24. The Bertz CT molecular complexity index is 3480. The smallest absolute Gasteiger partial charge is 0.225 e. The maximum absolute atomic E-state index is 3.24. The highest BCUT2D eigenvalue weighted by atomic mass is 15.3. The molecule has 9 aliphatic rings. The Balaban J connectivity index is 0.880. The predicted octanol–water partition coefficient (Wildman–Crippen LogP) is 13.6. The Morgan fingerprint density at radius 2 is 1.01 bits per heavy atom. The molecule has 6 aliphatic heterocycles. The summed E-state index contributed by atoms with van der Waals surface area (Å²) in [6.45, 7) is 0.683. The molecule has 0 amide bonds. The van der Waals surface area contributed by atoms with Crippen LogP contribution in [0.25, 0.3) is 0 Å². The van der Waals surface area contributed by atoms with Crippen LogP contribution in [0.5, 0.6) is 0 Å². The maximum Gasteiger partial charge on any atom is 0.225 e. The molecule has 3 saturated carbocycles. The minimum Gasteiger partial charge on any atom is -0.365 e. The first-order valence-electron chi connectivity index (χ1n) is 28.2. The highest BCUT2D eigenvalue weighted by Crippen LogP contribution is 2.66. The van der Waals surface area contributed by atoms with Gasteiger partial charge in [-0.15, -0.1) is 0 Å². The fraction of sp³-hybridized carbons (Fsp3) is 0.284. The molecule has 10 atom stereocenters. The monoisotopic (exact) mass is 943 g/mol. The van der Waals surface area contributed by atoms with Gasteiger partial charge in [-0.2, -0.15) is 0 Å². The molecule has 17 rings (SSSR count). The molecule has 0 N–H and O–H groups in total. The molecule has 0 spiro atoms. The summed E-state index contributed by atoms with van der Waals surface area (Å²) in [4.78, 5) is 11.3. The van der Waals surface area contributed by atoms with Crippen molar-refractivity contribution in [1.29, 1.82) is 0 Å². The van der Waals surface area contributed by atoms with Gasteiger partial charge in [0, 0.05) is 81.1 Å². The first kappa shape index (κ1) is 41.6. The molecule has 6 heteroatoms. The largest absolute Gasteiger partial charge is 0.365 e. The summed E-state index contributed by atoms with van der Waals surface area (Å²) < 4.78 is 0. The Hall–Kier alpha value is -6.91. The third kappa shape index (κ3) is 5.65. The number of hydrogen-bond donors (Lipinski definition) is 0. The van der Waals surface area contributed by atoms with Crippen LogP contribution in [0.1, 0.15) is 86.3 Å². The zero-order chi connectivity index (χ0) is 47.5. The normalized spacial score (nSPS) is 28.2. The van der Waals surface area contributed by atoms with E-state index in [9.17, 15) is 0 Å². The van der Waals surface area contributed by atoms with Gasteiger partial charge in [0.15, 0.2) is 0 Å². The lowest BCUT2D eigenvalue weighted by molar-refractivity contribution is 0.170. The van der Waals surface area contributed by atoms with Crippen molar-refractivity contribution in [3.63, 3.8) is 0 Å². The molecule has 0 radical (unpaired) electrons. The van der Waals surface area contributed by atoms with Crippen LogP contribution in [0, 0.1) is 17.8 Å². The molecule has 0 bridgehead atoms. The first-order valence-corrected chi connectivity index (χ1v) is 28.2. The zero-order valence-corrected chi connectivity index (χ0v) is 41.6. The summed E-state index contributed by atoms with van der Waals surface area (Å²) in [5.74, 6) is 3.93.